The molecule has 0 radical (unpaired) electrons. The molecule has 0 aromatic heterocycles. The van der Waals surface area contributed by atoms with E-state index in [1.165, 1.54) is 63.4 Å². The van der Waals surface area contributed by atoms with Crippen LogP contribution in [0.3, 0.4) is 0 Å². The third-order valence-corrected chi connectivity index (χ3v) is 6.26. The molecule has 1 aliphatic carbocycles. The van der Waals surface area contributed by atoms with Crippen LogP contribution in [-0.4, -0.2) is 6.61 Å². The highest BCUT2D eigenvalue weighted by Crippen LogP contribution is 2.31. The monoisotopic (exact) mass is 388 g/mol. The Kier molecular flexibility index (Phi) is 8.69. The maximum Gasteiger partial charge on any atom is 0.119 e. The van der Waals surface area contributed by atoms with Gasteiger partial charge in [0.1, 0.15) is 5.75 Å². The fraction of sp³-hybridized carbons (Fsp3) is 0.500. The van der Waals surface area contributed by atoms with Crippen LogP contribution >= 0.6 is 0 Å². The average Bonchev–Trinajstić information content (AvgIpc) is 2.78. The Morgan fingerprint density at radius 2 is 1.34 bits per heavy atom. The molecule has 3 rings (SSSR count). The highest BCUT2D eigenvalue weighted by Gasteiger charge is 2.20. The second-order valence-electron chi connectivity index (χ2n) is 8.53. The zero-order valence-electron chi connectivity index (χ0n) is 18.3. The normalized spacial score (nSPS) is 18.7. The van der Waals surface area contributed by atoms with Crippen LogP contribution in [0.15, 0.2) is 48.5 Å². The van der Waals surface area contributed by atoms with Crippen LogP contribution < -0.4 is 4.74 Å². The van der Waals surface area contributed by atoms with E-state index in [1.807, 2.05) is 0 Å². The molecule has 0 heterocycles. The number of ether oxygens (including phenoxy) is 1. The summed E-state index contributed by atoms with van der Waals surface area (Å²) >= 11 is 0. The second kappa shape index (κ2) is 11.7. The van der Waals surface area contributed by atoms with Gasteiger partial charge in [0.05, 0.1) is 6.61 Å². The van der Waals surface area contributed by atoms with Gasteiger partial charge < -0.3 is 4.74 Å². The molecule has 0 bridgehead atoms. The van der Waals surface area contributed by atoms with Gasteiger partial charge in [-0.1, -0.05) is 69.9 Å². The third-order valence-electron chi connectivity index (χ3n) is 6.26. The second-order valence-corrected chi connectivity index (χ2v) is 8.53. The Morgan fingerprint density at radius 3 is 1.93 bits per heavy atom. The van der Waals surface area contributed by atoms with E-state index < -0.39 is 0 Å². The van der Waals surface area contributed by atoms with E-state index >= 15 is 0 Å². The Balaban J connectivity index is 1.46. The van der Waals surface area contributed by atoms with Crippen molar-refractivity contribution in [1.29, 1.82) is 0 Å². The molecule has 0 N–H and O–H groups in total. The molecule has 0 atom stereocenters. The van der Waals surface area contributed by atoms with Crippen LogP contribution in [0.4, 0.5) is 0 Å². The van der Waals surface area contributed by atoms with Crippen LogP contribution in [0, 0.1) is 23.7 Å². The highest BCUT2D eigenvalue weighted by atomic mass is 16.5. The Labute approximate surface area is 177 Å². The van der Waals surface area contributed by atoms with Crippen molar-refractivity contribution in [1.82, 2.24) is 0 Å². The SMILES string of the molecule is CCCCCc1ccc(C#Cc2ccc(OC[C@H]3CC[C@H](CC)CC3)cc2)cc1. The van der Waals surface area contributed by atoms with Gasteiger partial charge in [-0.15, -0.1) is 0 Å². The Hall–Kier alpha value is -2.20. The van der Waals surface area contributed by atoms with Gasteiger partial charge >= 0.3 is 0 Å². The topological polar surface area (TPSA) is 9.23 Å². The lowest BCUT2D eigenvalue weighted by atomic mass is 9.81. The summed E-state index contributed by atoms with van der Waals surface area (Å²) in [4.78, 5) is 0. The van der Waals surface area contributed by atoms with E-state index in [9.17, 15) is 0 Å². The number of benzene rings is 2. The summed E-state index contributed by atoms with van der Waals surface area (Å²) in [5, 5.41) is 0. The summed E-state index contributed by atoms with van der Waals surface area (Å²) in [6.07, 6.45) is 11.7. The van der Waals surface area contributed by atoms with E-state index in [1.54, 1.807) is 0 Å². The fourth-order valence-electron chi connectivity index (χ4n) is 4.13. The minimum Gasteiger partial charge on any atom is -0.493 e. The van der Waals surface area contributed by atoms with Crippen molar-refractivity contribution >= 4 is 0 Å². The molecule has 154 valence electrons. The minimum absolute atomic E-state index is 0.724. The number of rotatable bonds is 8. The molecular weight excluding hydrogens is 352 g/mol. The van der Waals surface area contributed by atoms with Gasteiger partial charge in [0, 0.05) is 11.1 Å². The Morgan fingerprint density at radius 1 is 0.759 bits per heavy atom. The van der Waals surface area contributed by atoms with Gasteiger partial charge in [-0.05, 0) is 79.5 Å². The lowest BCUT2D eigenvalue weighted by molar-refractivity contribution is 0.181. The fourth-order valence-corrected chi connectivity index (χ4v) is 4.13. The summed E-state index contributed by atoms with van der Waals surface area (Å²) in [5.74, 6) is 9.18. The summed E-state index contributed by atoms with van der Waals surface area (Å²) < 4.78 is 6.04. The molecule has 1 heteroatoms. The lowest BCUT2D eigenvalue weighted by Crippen LogP contribution is -2.19. The van der Waals surface area contributed by atoms with Crippen molar-refractivity contribution in [3.63, 3.8) is 0 Å². The van der Waals surface area contributed by atoms with Crippen molar-refractivity contribution < 1.29 is 4.74 Å². The molecule has 1 aliphatic rings. The van der Waals surface area contributed by atoms with Gasteiger partial charge in [0.15, 0.2) is 0 Å². The number of unbranched alkanes of at least 4 members (excludes halogenated alkanes) is 2. The first-order valence-corrected chi connectivity index (χ1v) is 11.6. The van der Waals surface area contributed by atoms with E-state index in [0.717, 1.165) is 35.3 Å². The zero-order chi connectivity index (χ0) is 20.3. The summed E-state index contributed by atoms with van der Waals surface area (Å²) in [6.45, 7) is 5.41. The van der Waals surface area contributed by atoms with Crippen LogP contribution in [-0.2, 0) is 6.42 Å². The molecule has 1 nitrogen and oxygen atoms in total. The first-order chi connectivity index (χ1) is 14.3. The van der Waals surface area contributed by atoms with E-state index in [4.69, 9.17) is 4.74 Å². The van der Waals surface area contributed by atoms with Crippen molar-refractivity contribution in [2.45, 2.75) is 71.6 Å². The van der Waals surface area contributed by atoms with Crippen LogP contribution in [0.5, 0.6) is 5.75 Å². The van der Waals surface area contributed by atoms with E-state index in [2.05, 4.69) is 74.2 Å². The average molecular weight is 389 g/mol. The first-order valence-electron chi connectivity index (χ1n) is 11.6. The minimum atomic E-state index is 0.724. The third kappa shape index (κ3) is 7.28. The maximum absolute atomic E-state index is 6.04. The van der Waals surface area contributed by atoms with Gasteiger partial charge in [0.2, 0.25) is 0 Å². The number of aryl methyl sites for hydroxylation is 1. The highest BCUT2D eigenvalue weighted by molar-refractivity contribution is 5.44. The van der Waals surface area contributed by atoms with Crippen LogP contribution in [0.2, 0.25) is 0 Å². The van der Waals surface area contributed by atoms with E-state index in [-0.39, 0.29) is 0 Å². The van der Waals surface area contributed by atoms with Crippen molar-refractivity contribution in [2.24, 2.45) is 11.8 Å². The summed E-state index contributed by atoms with van der Waals surface area (Å²) in [5.41, 5.74) is 3.52. The molecule has 0 aliphatic heterocycles. The molecule has 0 amide bonds. The molecule has 1 saturated carbocycles. The molecule has 0 unspecified atom stereocenters. The smallest absolute Gasteiger partial charge is 0.119 e. The van der Waals surface area contributed by atoms with Crippen molar-refractivity contribution in [3.8, 4) is 17.6 Å². The number of hydrogen-bond acceptors (Lipinski definition) is 1. The molecule has 2 aromatic carbocycles. The molecule has 0 saturated heterocycles. The lowest BCUT2D eigenvalue weighted by Gasteiger charge is -2.27. The molecule has 2 aromatic rings. The molecule has 0 spiro atoms. The first kappa shape index (κ1) is 21.5. The van der Waals surface area contributed by atoms with E-state index in [0.29, 0.717) is 0 Å². The largest absolute Gasteiger partial charge is 0.493 e. The van der Waals surface area contributed by atoms with Gasteiger partial charge in [-0.2, -0.15) is 0 Å². The van der Waals surface area contributed by atoms with Crippen LogP contribution in [0.25, 0.3) is 0 Å². The predicted molar refractivity (Wildman–Crippen MR) is 123 cm³/mol. The van der Waals surface area contributed by atoms with Gasteiger partial charge in [0.25, 0.3) is 0 Å². The molecule has 1 fully saturated rings. The van der Waals surface area contributed by atoms with Gasteiger partial charge in [-0.25, -0.2) is 0 Å². The van der Waals surface area contributed by atoms with Crippen LogP contribution in [0.1, 0.15) is 81.9 Å². The van der Waals surface area contributed by atoms with Crippen molar-refractivity contribution in [3.05, 3.63) is 65.2 Å². The Bertz CT molecular complexity index is 768. The maximum atomic E-state index is 6.04. The predicted octanol–water partition coefficient (Wildman–Crippen LogP) is 7.41. The van der Waals surface area contributed by atoms with Gasteiger partial charge in [-0.3, -0.25) is 0 Å². The summed E-state index contributed by atoms with van der Waals surface area (Å²) in [7, 11) is 0. The molecule has 29 heavy (non-hydrogen) atoms. The number of hydrogen-bond donors (Lipinski definition) is 0. The standard InChI is InChI=1S/C28H36O/c1-3-5-6-7-24-10-12-25(13-11-24)14-15-26-18-20-28(21-19-26)29-22-27-16-8-23(4-2)9-17-27/h10-13,18-21,23,27H,3-9,16-17,22H2,1-2H3/t23-,27-. The summed E-state index contributed by atoms with van der Waals surface area (Å²) in [6, 6.07) is 16.9. The quantitative estimate of drug-likeness (QED) is 0.338. The van der Waals surface area contributed by atoms with Crippen molar-refractivity contribution in [2.75, 3.05) is 6.61 Å². The molecular formula is C28H36O. The zero-order valence-corrected chi connectivity index (χ0v) is 18.3.